The zero-order chi connectivity index (χ0) is 14.4. The maximum absolute atomic E-state index is 12.7. The van der Waals surface area contributed by atoms with Gasteiger partial charge < -0.3 is 10.7 Å². The maximum Gasteiger partial charge on any atom is 0.416 e. The third-order valence-corrected chi connectivity index (χ3v) is 4.25. The molecule has 6 heteroatoms. The summed E-state index contributed by atoms with van der Waals surface area (Å²) in [5.41, 5.74) is 6.23. The second kappa shape index (κ2) is 4.48. The van der Waals surface area contributed by atoms with Gasteiger partial charge in [0.2, 0.25) is 0 Å². The lowest BCUT2D eigenvalue weighted by atomic mass is 9.66. The second-order valence-corrected chi connectivity index (χ2v) is 5.65. The Labute approximate surface area is 114 Å². The third kappa shape index (κ3) is 2.28. The lowest BCUT2D eigenvalue weighted by Crippen LogP contribution is -2.39. The molecule has 1 fully saturated rings. The molecule has 1 heterocycles. The van der Waals surface area contributed by atoms with Crippen molar-refractivity contribution in [3.63, 3.8) is 0 Å². The first-order valence-electron chi connectivity index (χ1n) is 6.68. The number of nitrogens with two attached hydrogens (primary N) is 1. The Bertz CT molecular complexity index is 621. The Hall–Kier alpha value is -1.56. The van der Waals surface area contributed by atoms with Gasteiger partial charge in [-0.25, -0.2) is 4.98 Å². The van der Waals surface area contributed by atoms with Crippen LogP contribution >= 0.6 is 0 Å². The van der Waals surface area contributed by atoms with Gasteiger partial charge in [-0.15, -0.1) is 0 Å². The SMILES string of the molecule is NCC1(Cc2nc3ccc(C(F)(F)F)cc3[nH]2)CCC1. The van der Waals surface area contributed by atoms with Crippen LogP contribution in [0.2, 0.25) is 0 Å². The molecule has 0 bridgehead atoms. The number of fused-ring (bicyclic) bond motifs is 1. The van der Waals surface area contributed by atoms with Crippen molar-refractivity contribution in [2.75, 3.05) is 6.54 Å². The highest BCUT2D eigenvalue weighted by Gasteiger charge is 2.36. The Morgan fingerprint density at radius 1 is 1.30 bits per heavy atom. The number of nitrogens with zero attached hydrogens (tertiary/aromatic N) is 1. The molecule has 0 spiro atoms. The summed E-state index contributed by atoms with van der Waals surface area (Å²) in [5.74, 6) is 0.726. The van der Waals surface area contributed by atoms with Gasteiger partial charge >= 0.3 is 6.18 Å². The summed E-state index contributed by atoms with van der Waals surface area (Å²) in [6.45, 7) is 0.595. The van der Waals surface area contributed by atoms with Gasteiger partial charge in [0.15, 0.2) is 0 Å². The van der Waals surface area contributed by atoms with Crippen LogP contribution in [0.4, 0.5) is 13.2 Å². The lowest BCUT2D eigenvalue weighted by molar-refractivity contribution is -0.137. The number of H-pyrrole nitrogens is 1. The van der Waals surface area contributed by atoms with Crippen molar-refractivity contribution >= 4 is 11.0 Å². The number of nitrogens with one attached hydrogen (secondary N) is 1. The monoisotopic (exact) mass is 283 g/mol. The molecule has 0 unspecified atom stereocenters. The number of benzene rings is 1. The second-order valence-electron chi connectivity index (χ2n) is 5.65. The molecule has 1 aliphatic carbocycles. The van der Waals surface area contributed by atoms with E-state index in [1.165, 1.54) is 6.07 Å². The van der Waals surface area contributed by atoms with Crippen LogP contribution in [0.3, 0.4) is 0 Å². The van der Waals surface area contributed by atoms with E-state index in [1.807, 2.05) is 0 Å². The number of aromatic nitrogens is 2. The van der Waals surface area contributed by atoms with Gasteiger partial charge in [0, 0.05) is 6.42 Å². The van der Waals surface area contributed by atoms with Gasteiger partial charge in [-0.05, 0) is 43.0 Å². The van der Waals surface area contributed by atoms with Crippen molar-refractivity contribution in [3.8, 4) is 0 Å². The van der Waals surface area contributed by atoms with Crippen molar-refractivity contribution in [1.29, 1.82) is 0 Å². The van der Waals surface area contributed by atoms with Crippen molar-refractivity contribution in [1.82, 2.24) is 9.97 Å². The number of aromatic amines is 1. The van der Waals surface area contributed by atoms with Gasteiger partial charge in [0.1, 0.15) is 5.82 Å². The average molecular weight is 283 g/mol. The highest BCUT2D eigenvalue weighted by Crippen LogP contribution is 2.42. The summed E-state index contributed by atoms with van der Waals surface area (Å²) < 4.78 is 38.0. The summed E-state index contributed by atoms with van der Waals surface area (Å²) in [6.07, 6.45) is -0.330. The smallest absolute Gasteiger partial charge is 0.342 e. The minimum Gasteiger partial charge on any atom is -0.342 e. The molecule has 3 rings (SSSR count). The van der Waals surface area contributed by atoms with Gasteiger partial charge in [-0.2, -0.15) is 13.2 Å². The number of hydrogen-bond acceptors (Lipinski definition) is 2. The molecule has 3 N–H and O–H groups in total. The minimum absolute atomic E-state index is 0.0841. The van der Waals surface area contributed by atoms with E-state index in [4.69, 9.17) is 5.73 Å². The van der Waals surface area contributed by atoms with Crippen LogP contribution in [0, 0.1) is 5.41 Å². The van der Waals surface area contributed by atoms with E-state index < -0.39 is 11.7 Å². The number of rotatable bonds is 3. The summed E-state index contributed by atoms with van der Waals surface area (Å²) in [6, 6.07) is 3.59. The zero-order valence-electron chi connectivity index (χ0n) is 10.9. The highest BCUT2D eigenvalue weighted by molar-refractivity contribution is 5.76. The summed E-state index contributed by atoms with van der Waals surface area (Å²) in [7, 11) is 0. The fraction of sp³-hybridized carbons (Fsp3) is 0.500. The third-order valence-electron chi connectivity index (χ3n) is 4.25. The molecule has 0 radical (unpaired) electrons. The maximum atomic E-state index is 12.7. The molecule has 0 amide bonds. The van der Waals surface area contributed by atoms with Gasteiger partial charge in [-0.1, -0.05) is 6.42 Å². The number of hydrogen-bond donors (Lipinski definition) is 2. The number of alkyl halides is 3. The molecule has 0 aliphatic heterocycles. The van der Waals surface area contributed by atoms with Crippen molar-refractivity contribution in [2.24, 2.45) is 11.1 Å². The van der Waals surface area contributed by atoms with Crippen molar-refractivity contribution < 1.29 is 13.2 Å². The number of imidazole rings is 1. The molecule has 0 atom stereocenters. The first kappa shape index (κ1) is 13.4. The predicted octanol–water partition coefficient (Wildman–Crippen LogP) is 3.25. The van der Waals surface area contributed by atoms with Crippen LogP contribution < -0.4 is 5.73 Å². The normalized spacial score (nSPS) is 18.2. The topological polar surface area (TPSA) is 54.7 Å². The largest absolute Gasteiger partial charge is 0.416 e. The number of halogens is 3. The first-order valence-corrected chi connectivity index (χ1v) is 6.68. The van der Waals surface area contributed by atoms with E-state index in [-0.39, 0.29) is 5.41 Å². The Balaban J connectivity index is 1.91. The molecule has 3 nitrogen and oxygen atoms in total. The van der Waals surface area contributed by atoms with E-state index in [1.54, 1.807) is 0 Å². The molecule has 1 aliphatic rings. The van der Waals surface area contributed by atoms with Crippen LogP contribution in [0.25, 0.3) is 11.0 Å². The fourth-order valence-corrected chi connectivity index (χ4v) is 2.81. The van der Waals surface area contributed by atoms with E-state index >= 15 is 0 Å². The van der Waals surface area contributed by atoms with Crippen LogP contribution in [0.5, 0.6) is 0 Å². The van der Waals surface area contributed by atoms with E-state index in [0.29, 0.717) is 24.0 Å². The molecule has 2 aromatic rings. The van der Waals surface area contributed by atoms with Crippen LogP contribution in [0.1, 0.15) is 30.7 Å². The molecule has 1 saturated carbocycles. The molecular weight excluding hydrogens is 267 g/mol. The fourth-order valence-electron chi connectivity index (χ4n) is 2.81. The Morgan fingerprint density at radius 2 is 2.05 bits per heavy atom. The Morgan fingerprint density at radius 3 is 2.60 bits per heavy atom. The average Bonchev–Trinajstić information content (AvgIpc) is 2.73. The lowest BCUT2D eigenvalue weighted by Gasteiger charge is -2.40. The standard InChI is InChI=1S/C14H16F3N3/c15-14(16,17)9-2-3-10-11(6-9)20-12(19-10)7-13(8-18)4-1-5-13/h2-3,6H,1,4-5,7-8,18H2,(H,19,20). The van der Waals surface area contributed by atoms with Gasteiger partial charge in [0.05, 0.1) is 16.6 Å². The van der Waals surface area contributed by atoms with Gasteiger partial charge in [-0.3, -0.25) is 0 Å². The molecular formula is C14H16F3N3. The van der Waals surface area contributed by atoms with Crippen LogP contribution in [0.15, 0.2) is 18.2 Å². The molecule has 1 aromatic heterocycles. The molecule has 108 valence electrons. The molecule has 1 aromatic carbocycles. The van der Waals surface area contributed by atoms with Crippen LogP contribution in [-0.4, -0.2) is 16.5 Å². The van der Waals surface area contributed by atoms with Gasteiger partial charge in [0.25, 0.3) is 0 Å². The molecule has 0 saturated heterocycles. The first-order chi connectivity index (χ1) is 9.42. The quantitative estimate of drug-likeness (QED) is 0.908. The summed E-state index contributed by atoms with van der Waals surface area (Å²) in [4.78, 5) is 7.37. The van der Waals surface area contributed by atoms with E-state index in [9.17, 15) is 13.2 Å². The van der Waals surface area contributed by atoms with Crippen molar-refractivity contribution in [2.45, 2.75) is 31.9 Å². The predicted molar refractivity (Wildman–Crippen MR) is 70.1 cm³/mol. The zero-order valence-corrected chi connectivity index (χ0v) is 10.9. The summed E-state index contributed by atoms with van der Waals surface area (Å²) in [5, 5.41) is 0. The van der Waals surface area contributed by atoms with Crippen LogP contribution in [-0.2, 0) is 12.6 Å². The molecule has 20 heavy (non-hydrogen) atoms. The Kier molecular flexibility index (Phi) is 3.01. The van der Waals surface area contributed by atoms with E-state index in [2.05, 4.69) is 9.97 Å². The highest BCUT2D eigenvalue weighted by atomic mass is 19.4. The van der Waals surface area contributed by atoms with Crippen molar-refractivity contribution in [3.05, 3.63) is 29.6 Å². The summed E-state index contributed by atoms with van der Waals surface area (Å²) >= 11 is 0. The van der Waals surface area contributed by atoms with E-state index in [0.717, 1.165) is 37.2 Å². The minimum atomic E-state index is -4.33.